The number of aromatic nitrogens is 4. The fraction of sp³-hybridized carbons (Fsp3) is 0.542. The summed E-state index contributed by atoms with van der Waals surface area (Å²) in [5.41, 5.74) is 0.768. The minimum Gasteiger partial charge on any atom is -0.456 e. The van der Waals surface area contributed by atoms with E-state index in [1.165, 1.54) is 57.4 Å². The van der Waals surface area contributed by atoms with Crippen LogP contribution in [-0.4, -0.2) is 67.5 Å². The number of nitro benzene ring substituents is 1. The maximum atomic E-state index is 13.4. The van der Waals surface area contributed by atoms with Crippen LogP contribution in [0.1, 0.15) is 33.3 Å². The zero-order valence-electron chi connectivity index (χ0n) is 22.9. The van der Waals surface area contributed by atoms with Crippen LogP contribution >= 0.6 is 23.5 Å². The molecule has 4 rings (SSSR count). The zero-order valence-corrected chi connectivity index (χ0v) is 25.5. The molecular formula is C24H32N6O6S2Si. The van der Waals surface area contributed by atoms with E-state index < -0.39 is 19.2 Å². The lowest BCUT2D eigenvalue weighted by Crippen LogP contribution is -2.62. The molecule has 0 saturated carbocycles. The molecule has 3 heterocycles. The van der Waals surface area contributed by atoms with Gasteiger partial charge in [0.15, 0.2) is 8.32 Å². The molecule has 2 aromatic rings. The van der Waals surface area contributed by atoms with Gasteiger partial charge in [-0.25, -0.2) is 9.48 Å². The number of fused-ring (bicyclic) bond motifs is 1. The predicted molar refractivity (Wildman–Crippen MR) is 149 cm³/mol. The molecule has 2 aliphatic rings. The number of nitrogens with zero attached hydrogens (tertiary/aromatic N) is 6. The number of non-ortho nitro benzene ring substituents is 1. The number of nitro groups is 1. The number of carbonyl (C=O) groups excluding carboxylic acids is 2. The van der Waals surface area contributed by atoms with Crippen molar-refractivity contribution in [1.82, 2.24) is 25.1 Å². The van der Waals surface area contributed by atoms with Gasteiger partial charge >= 0.3 is 5.97 Å². The summed E-state index contributed by atoms with van der Waals surface area (Å²) in [7, 11) is -0.391. The molecule has 1 amide bonds. The first-order chi connectivity index (χ1) is 18.2. The summed E-state index contributed by atoms with van der Waals surface area (Å²) in [6.07, 6.45) is -0.306. The molecule has 1 aromatic carbocycles. The molecule has 1 fully saturated rings. The number of thioether (sulfide) groups is 2. The van der Waals surface area contributed by atoms with Crippen LogP contribution in [0.3, 0.4) is 0 Å². The van der Waals surface area contributed by atoms with E-state index in [1.54, 1.807) is 7.05 Å². The Labute approximate surface area is 236 Å². The number of esters is 1. The van der Waals surface area contributed by atoms with E-state index >= 15 is 0 Å². The number of aryl methyl sites for hydroxylation is 1. The summed E-state index contributed by atoms with van der Waals surface area (Å²) < 4.78 is 13.7. The quantitative estimate of drug-likeness (QED) is 0.0982. The van der Waals surface area contributed by atoms with Crippen molar-refractivity contribution >= 4 is 49.4 Å². The van der Waals surface area contributed by atoms with Gasteiger partial charge in [0, 0.05) is 29.8 Å². The Morgan fingerprint density at radius 1 is 1.28 bits per heavy atom. The van der Waals surface area contributed by atoms with Crippen LogP contribution in [0.25, 0.3) is 0 Å². The van der Waals surface area contributed by atoms with Crippen LogP contribution in [0.5, 0.6) is 0 Å². The Morgan fingerprint density at radius 3 is 2.51 bits per heavy atom. The standard InChI is InChI=1S/C24H32N6O6S2Si/c1-14(36-39(6,7)24(2,3)4)18-20(31)29-19(17(38-21(18)29)13-37-23-25-26-27-28(23)5)22(32)35-12-15-8-10-16(11-9-15)30(33)34/h8-11,14,18,21H,12-13H2,1-7H3/t14-,18+,21+/m0/s1. The molecule has 0 unspecified atom stereocenters. The van der Waals surface area contributed by atoms with Crippen molar-refractivity contribution in [1.29, 1.82) is 0 Å². The van der Waals surface area contributed by atoms with Crippen LogP contribution in [0.15, 0.2) is 40.0 Å². The Morgan fingerprint density at radius 2 is 1.95 bits per heavy atom. The molecule has 2 aliphatic heterocycles. The highest BCUT2D eigenvalue weighted by Gasteiger charge is 2.59. The molecule has 0 N–H and O–H groups in total. The summed E-state index contributed by atoms with van der Waals surface area (Å²) in [6.45, 7) is 12.6. The number of amides is 1. The molecule has 3 atom stereocenters. The van der Waals surface area contributed by atoms with Gasteiger partial charge in [-0.15, -0.1) is 16.9 Å². The van der Waals surface area contributed by atoms with E-state index in [0.29, 0.717) is 21.4 Å². The number of tetrazole rings is 1. The maximum absolute atomic E-state index is 13.4. The summed E-state index contributed by atoms with van der Waals surface area (Å²) in [4.78, 5) is 39.4. The van der Waals surface area contributed by atoms with E-state index in [1.807, 2.05) is 6.92 Å². The number of hydrogen-bond acceptors (Lipinski definition) is 11. The molecule has 0 radical (unpaired) electrons. The SMILES string of the molecule is C[C@H](O[Si](C)(C)C(C)(C)C)[C@@H]1C(=O)N2C(C(=O)OCc3ccc([N+](=O)[O-])cc3)=C(CSc3nnnn3C)S[C@H]12. The summed E-state index contributed by atoms with van der Waals surface area (Å²) in [5, 5.41) is 22.7. The Hall–Kier alpha value is -2.75. The second-order valence-corrected chi connectivity index (χ2v) is 17.9. The molecule has 0 spiro atoms. The second-order valence-electron chi connectivity index (χ2n) is 11.0. The molecule has 39 heavy (non-hydrogen) atoms. The van der Waals surface area contributed by atoms with E-state index in [2.05, 4.69) is 49.4 Å². The normalized spacial score (nSPS) is 20.1. The maximum Gasteiger partial charge on any atom is 0.356 e. The topological polar surface area (TPSA) is 143 Å². The molecule has 0 aliphatic carbocycles. The smallest absolute Gasteiger partial charge is 0.356 e. The molecule has 0 bridgehead atoms. The number of β-lactam (4-membered cyclic amide) rings is 1. The second kappa shape index (κ2) is 11.0. The fourth-order valence-corrected chi connectivity index (χ4v) is 8.03. The average molecular weight is 593 g/mol. The third-order valence-corrected chi connectivity index (χ3v) is 14.4. The van der Waals surface area contributed by atoms with Crippen molar-refractivity contribution in [3.8, 4) is 0 Å². The van der Waals surface area contributed by atoms with E-state index in [-0.39, 0.29) is 46.3 Å². The van der Waals surface area contributed by atoms with Gasteiger partial charge in [-0.05, 0) is 53.2 Å². The lowest BCUT2D eigenvalue weighted by atomic mass is 9.92. The van der Waals surface area contributed by atoms with Crippen molar-refractivity contribution in [3.05, 3.63) is 50.5 Å². The zero-order chi connectivity index (χ0) is 28.7. The number of carbonyl (C=O) groups is 2. The van der Waals surface area contributed by atoms with Crippen LogP contribution in [0, 0.1) is 16.0 Å². The lowest BCUT2D eigenvalue weighted by Gasteiger charge is -2.48. The minimum atomic E-state index is -2.12. The number of rotatable bonds is 10. The van der Waals surface area contributed by atoms with Gasteiger partial charge in [-0.3, -0.25) is 19.8 Å². The van der Waals surface area contributed by atoms with Gasteiger partial charge < -0.3 is 9.16 Å². The molecule has 12 nitrogen and oxygen atoms in total. The van der Waals surface area contributed by atoms with Crippen molar-refractivity contribution in [2.75, 3.05) is 5.75 Å². The minimum absolute atomic E-state index is 0.00637. The van der Waals surface area contributed by atoms with Gasteiger partial charge in [0.1, 0.15) is 17.7 Å². The van der Waals surface area contributed by atoms with Crippen LogP contribution in [0.4, 0.5) is 5.69 Å². The predicted octanol–water partition coefficient (Wildman–Crippen LogP) is 4.11. The highest BCUT2D eigenvalue weighted by Crippen LogP contribution is 2.52. The van der Waals surface area contributed by atoms with E-state index in [4.69, 9.17) is 9.16 Å². The number of hydrogen-bond donors (Lipinski definition) is 0. The van der Waals surface area contributed by atoms with Gasteiger partial charge in [-0.2, -0.15) is 0 Å². The first kappa shape index (κ1) is 29.2. The molecule has 1 aromatic heterocycles. The van der Waals surface area contributed by atoms with Crippen LogP contribution in [0.2, 0.25) is 18.1 Å². The summed E-state index contributed by atoms with van der Waals surface area (Å²) >= 11 is 2.83. The highest BCUT2D eigenvalue weighted by atomic mass is 32.2. The summed E-state index contributed by atoms with van der Waals surface area (Å²) in [5.74, 6) is -0.799. The van der Waals surface area contributed by atoms with Crippen molar-refractivity contribution in [2.45, 2.75) is 69.1 Å². The van der Waals surface area contributed by atoms with Gasteiger partial charge in [0.25, 0.3) is 5.69 Å². The van der Waals surface area contributed by atoms with Gasteiger partial charge in [0.2, 0.25) is 11.1 Å². The van der Waals surface area contributed by atoms with E-state index in [9.17, 15) is 19.7 Å². The highest BCUT2D eigenvalue weighted by molar-refractivity contribution is 8.06. The molecule has 1 saturated heterocycles. The molecule has 15 heteroatoms. The van der Waals surface area contributed by atoms with Gasteiger partial charge in [-0.1, -0.05) is 32.5 Å². The lowest BCUT2D eigenvalue weighted by molar-refractivity contribution is -0.384. The van der Waals surface area contributed by atoms with Crippen molar-refractivity contribution in [3.63, 3.8) is 0 Å². The third-order valence-electron chi connectivity index (χ3n) is 7.27. The van der Waals surface area contributed by atoms with Crippen molar-refractivity contribution in [2.24, 2.45) is 13.0 Å². The number of ether oxygens (including phenoxy) is 1. The fourth-order valence-electron chi connectivity index (χ4n) is 4.05. The van der Waals surface area contributed by atoms with Crippen molar-refractivity contribution < 1.29 is 23.7 Å². The van der Waals surface area contributed by atoms with E-state index in [0.717, 1.165) is 0 Å². The Bertz CT molecular complexity index is 1310. The first-order valence-corrected chi connectivity index (χ1v) is 17.1. The number of benzene rings is 1. The average Bonchev–Trinajstić information content (AvgIpc) is 3.40. The van der Waals surface area contributed by atoms with Crippen LogP contribution < -0.4 is 0 Å². The first-order valence-electron chi connectivity index (χ1n) is 12.4. The Kier molecular flexibility index (Phi) is 8.26. The monoisotopic (exact) mass is 592 g/mol. The Balaban J connectivity index is 1.52. The molecular weight excluding hydrogens is 561 g/mol. The largest absolute Gasteiger partial charge is 0.456 e. The summed E-state index contributed by atoms with van der Waals surface area (Å²) in [6, 6.07) is 5.78. The van der Waals surface area contributed by atoms with Gasteiger partial charge in [0.05, 0.1) is 16.9 Å². The van der Waals surface area contributed by atoms with Crippen LogP contribution in [-0.2, 0) is 32.4 Å². The third kappa shape index (κ3) is 5.90. The molecule has 210 valence electrons.